The molecule has 6 nitrogen and oxygen atoms in total. The van der Waals surface area contributed by atoms with E-state index in [0.29, 0.717) is 23.8 Å². The highest BCUT2D eigenvalue weighted by Crippen LogP contribution is 2.40. The van der Waals surface area contributed by atoms with Gasteiger partial charge in [0, 0.05) is 34.8 Å². The van der Waals surface area contributed by atoms with Crippen LogP contribution in [-0.2, 0) is 6.54 Å². The van der Waals surface area contributed by atoms with Crippen molar-refractivity contribution in [3.8, 4) is 22.9 Å². The molecule has 0 aliphatic heterocycles. The van der Waals surface area contributed by atoms with E-state index in [0.717, 1.165) is 22.5 Å². The molecule has 3 aromatic carbocycles. The number of benzene rings is 3. The molecule has 0 aliphatic carbocycles. The molecular formula is C26H29N3O3. The zero-order chi connectivity index (χ0) is 22.7. The summed E-state index contributed by atoms with van der Waals surface area (Å²) in [6.07, 6.45) is 1.95. The van der Waals surface area contributed by atoms with Crippen LogP contribution in [0.4, 0.5) is 0 Å². The Morgan fingerprint density at radius 3 is 2.41 bits per heavy atom. The van der Waals surface area contributed by atoms with Gasteiger partial charge in [-0.25, -0.2) is 4.68 Å². The molecule has 0 aliphatic rings. The second-order valence-corrected chi connectivity index (χ2v) is 7.69. The molecule has 4 aromatic rings. The molecule has 0 spiro atoms. The lowest BCUT2D eigenvalue weighted by Gasteiger charge is -2.18. The van der Waals surface area contributed by atoms with Gasteiger partial charge in [-0.3, -0.25) is 0 Å². The molecule has 6 heteroatoms. The zero-order valence-corrected chi connectivity index (χ0v) is 19.2. The van der Waals surface area contributed by atoms with E-state index >= 15 is 0 Å². The van der Waals surface area contributed by atoms with Crippen molar-refractivity contribution >= 4 is 10.8 Å². The SMILES string of the molecule is COc1ccc(CN[C@H](C)c2cnn(-c3cccc4ccccc34)c2C)c(OC)c1OC. The van der Waals surface area contributed by atoms with Crippen LogP contribution >= 0.6 is 0 Å². The molecule has 1 N–H and O–H groups in total. The van der Waals surface area contributed by atoms with E-state index in [1.165, 1.54) is 10.8 Å². The minimum absolute atomic E-state index is 0.0940. The van der Waals surface area contributed by atoms with Crippen molar-refractivity contribution in [2.75, 3.05) is 21.3 Å². The Morgan fingerprint density at radius 1 is 0.906 bits per heavy atom. The molecule has 1 heterocycles. The van der Waals surface area contributed by atoms with Gasteiger partial charge in [-0.2, -0.15) is 5.10 Å². The average molecular weight is 432 g/mol. The molecule has 0 saturated heterocycles. The Hall–Kier alpha value is -3.51. The van der Waals surface area contributed by atoms with Gasteiger partial charge in [-0.05, 0) is 31.4 Å². The van der Waals surface area contributed by atoms with Gasteiger partial charge in [-0.1, -0.05) is 42.5 Å². The van der Waals surface area contributed by atoms with Gasteiger partial charge in [-0.15, -0.1) is 0 Å². The van der Waals surface area contributed by atoms with Crippen molar-refractivity contribution in [1.82, 2.24) is 15.1 Å². The third-order valence-electron chi connectivity index (χ3n) is 5.89. The fourth-order valence-corrected chi connectivity index (χ4v) is 4.16. The summed E-state index contributed by atoms with van der Waals surface area (Å²) in [5.41, 5.74) is 4.34. The third-order valence-corrected chi connectivity index (χ3v) is 5.89. The number of hydrogen-bond donors (Lipinski definition) is 1. The van der Waals surface area contributed by atoms with Crippen molar-refractivity contribution in [3.05, 3.63) is 77.6 Å². The van der Waals surface area contributed by atoms with Gasteiger partial charge in [0.1, 0.15) is 0 Å². The predicted octanol–water partition coefficient (Wildman–Crippen LogP) is 5.21. The number of hydrogen-bond acceptors (Lipinski definition) is 5. The first-order valence-corrected chi connectivity index (χ1v) is 10.6. The van der Waals surface area contributed by atoms with Crippen LogP contribution in [0.5, 0.6) is 17.2 Å². The fraction of sp³-hybridized carbons (Fsp3) is 0.269. The molecule has 1 aromatic heterocycles. The molecule has 0 bridgehead atoms. The van der Waals surface area contributed by atoms with E-state index in [4.69, 9.17) is 19.3 Å². The van der Waals surface area contributed by atoms with Crippen LogP contribution in [0.3, 0.4) is 0 Å². The van der Waals surface area contributed by atoms with E-state index in [1.807, 2.05) is 23.0 Å². The number of nitrogens with zero attached hydrogens (tertiary/aromatic N) is 2. The third kappa shape index (κ3) is 3.89. The van der Waals surface area contributed by atoms with Gasteiger partial charge in [0.15, 0.2) is 11.5 Å². The molecule has 0 radical (unpaired) electrons. The smallest absolute Gasteiger partial charge is 0.203 e. The first-order chi connectivity index (χ1) is 15.6. The van der Waals surface area contributed by atoms with Crippen LogP contribution in [-0.4, -0.2) is 31.1 Å². The normalized spacial score (nSPS) is 12.0. The second kappa shape index (κ2) is 9.32. The lowest BCUT2D eigenvalue weighted by Crippen LogP contribution is -2.19. The van der Waals surface area contributed by atoms with E-state index in [9.17, 15) is 0 Å². The van der Waals surface area contributed by atoms with Gasteiger partial charge in [0.05, 0.1) is 33.2 Å². The summed E-state index contributed by atoms with van der Waals surface area (Å²) >= 11 is 0. The number of aromatic nitrogens is 2. The molecule has 32 heavy (non-hydrogen) atoms. The minimum Gasteiger partial charge on any atom is -0.493 e. The standard InChI is InChI=1S/C26H29N3O3/c1-17(27-15-20-13-14-24(30-3)26(32-5)25(20)31-4)22-16-28-29(18(22)2)23-12-8-10-19-9-6-7-11-21(19)23/h6-14,16-17,27H,15H2,1-5H3/t17-/m1/s1. The van der Waals surface area contributed by atoms with Crippen molar-refractivity contribution in [1.29, 1.82) is 0 Å². The summed E-state index contributed by atoms with van der Waals surface area (Å²) in [5, 5.41) is 10.7. The van der Waals surface area contributed by atoms with E-state index < -0.39 is 0 Å². The number of methoxy groups -OCH3 is 3. The van der Waals surface area contributed by atoms with Gasteiger partial charge >= 0.3 is 0 Å². The molecule has 0 saturated carbocycles. The van der Waals surface area contributed by atoms with Crippen LogP contribution < -0.4 is 19.5 Å². The summed E-state index contributed by atoms with van der Waals surface area (Å²) in [6.45, 7) is 4.87. The largest absolute Gasteiger partial charge is 0.493 e. The predicted molar refractivity (Wildman–Crippen MR) is 127 cm³/mol. The molecule has 0 fully saturated rings. The molecule has 166 valence electrons. The maximum absolute atomic E-state index is 5.61. The summed E-state index contributed by atoms with van der Waals surface area (Å²) in [6, 6.07) is 18.7. The van der Waals surface area contributed by atoms with Crippen molar-refractivity contribution in [3.63, 3.8) is 0 Å². The van der Waals surface area contributed by atoms with Crippen molar-refractivity contribution < 1.29 is 14.2 Å². The summed E-state index contributed by atoms with van der Waals surface area (Å²) in [7, 11) is 4.88. The van der Waals surface area contributed by atoms with Crippen LogP contribution in [0.2, 0.25) is 0 Å². The maximum atomic E-state index is 5.61. The Labute approximate surface area is 188 Å². The lowest BCUT2D eigenvalue weighted by atomic mass is 10.1. The Balaban J connectivity index is 1.58. The van der Waals surface area contributed by atoms with Crippen LogP contribution in [0.25, 0.3) is 16.5 Å². The first-order valence-electron chi connectivity index (χ1n) is 10.6. The Morgan fingerprint density at radius 2 is 1.66 bits per heavy atom. The minimum atomic E-state index is 0.0940. The summed E-state index contributed by atoms with van der Waals surface area (Å²) in [5.74, 6) is 1.92. The topological polar surface area (TPSA) is 57.5 Å². The van der Waals surface area contributed by atoms with E-state index in [-0.39, 0.29) is 6.04 Å². The quantitative estimate of drug-likeness (QED) is 0.415. The summed E-state index contributed by atoms with van der Waals surface area (Å²) in [4.78, 5) is 0. The van der Waals surface area contributed by atoms with Crippen LogP contribution in [0.1, 0.15) is 29.8 Å². The maximum Gasteiger partial charge on any atom is 0.203 e. The van der Waals surface area contributed by atoms with E-state index in [2.05, 4.69) is 61.6 Å². The highest BCUT2D eigenvalue weighted by Gasteiger charge is 2.18. The number of fused-ring (bicyclic) bond motifs is 1. The average Bonchev–Trinajstić information content (AvgIpc) is 3.22. The molecule has 0 unspecified atom stereocenters. The highest BCUT2D eigenvalue weighted by molar-refractivity contribution is 5.90. The fourth-order valence-electron chi connectivity index (χ4n) is 4.16. The molecule has 0 amide bonds. The molecule has 1 atom stereocenters. The lowest BCUT2D eigenvalue weighted by molar-refractivity contribution is 0.321. The Kier molecular flexibility index (Phi) is 6.32. The van der Waals surface area contributed by atoms with E-state index in [1.54, 1.807) is 21.3 Å². The van der Waals surface area contributed by atoms with Crippen molar-refractivity contribution in [2.24, 2.45) is 0 Å². The molecule has 4 rings (SSSR count). The van der Waals surface area contributed by atoms with Crippen LogP contribution in [0.15, 0.2) is 60.8 Å². The second-order valence-electron chi connectivity index (χ2n) is 7.69. The van der Waals surface area contributed by atoms with Gasteiger partial charge in [0.2, 0.25) is 5.75 Å². The molecular weight excluding hydrogens is 402 g/mol. The number of ether oxygens (including phenoxy) is 3. The number of nitrogens with one attached hydrogen (secondary N) is 1. The summed E-state index contributed by atoms with van der Waals surface area (Å²) < 4.78 is 18.5. The van der Waals surface area contributed by atoms with Gasteiger partial charge < -0.3 is 19.5 Å². The van der Waals surface area contributed by atoms with Gasteiger partial charge in [0.25, 0.3) is 0 Å². The van der Waals surface area contributed by atoms with Crippen LogP contribution in [0, 0.1) is 6.92 Å². The van der Waals surface area contributed by atoms with Crippen molar-refractivity contribution in [2.45, 2.75) is 26.4 Å². The highest BCUT2D eigenvalue weighted by atomic mass is 16.5. The Bertz CT molecular complexity index is 1230. The monoisotopic (exact) mass is 431 g/mol. The first kappa shape index (κ1) is 21.7. The number of rotatable bonds is 8. The zero-order valence-electron chi connectivity index (χ0n) is 19.2.